The Morgan fingerprint density at radius 2 is 2.05 bits per heavy atom. The third-order valence-electron chi connectivity index (χ3n) is 3.51. The van der Waals surface area contributed by atoms with E-state index >= 15 is 0 Å². The maximum atomic E-state index is 9.07. The highest BCUT2D eigenvalue weighted by atomic mass is 16.5. The molecule has 1 aliphatic heterocycles. The molecular weight excluding hydrogens is 240 g/mol. The molecule has 1 heterocycles. The van der Waals surface area contributed by atoms with Crippen LogP contribution in [0.15, 0.2) is 24.3 Å². The van der Waals surface area contributed by atoms with Crippen molar-refractivity contribution < 1.29 is 9.84 Å². The molecule has 0 saturated carbocycles. The molecule has 102 valence electrons. The Balaban J connectivity index is 1.84. The van der Waals surface area contributed by atoms with Gasteiger partial charge >= 0.3 is 0 Å². The van der Waals surface area contributed by atoms with Crippen LogP contribution in [0.25, 0.3) is 0 Å². The summed E-state index contributed by atoms with van der Waals surface area (Å²) in [6.45, 7) is 3.32. The summed E-state index contributed by atoms with van der Waals surface area (Å²) in [6.07, 6.45) is 2.26. The van der Waals surface area contributed by atoms with E-state index in [0.717, 1.165) is 43.6 Å². The second-order valence-electron chi connectivity index (χ2n) is 4.84. The van der Waals surface area contributed by atoms with Crippen LogP contribution in [0.2, 0.25) is 0 Å². The fourth-order valence-electron chi connectivity index (χ4n) is 2.46. The minimum atomic E-state index is 0.0930. The van der Waals surface area contributed by atoms with Crippen LogP contribution in [0.5, 0.6) is 0 Å². The lowest BCUT2D eigenvalue weighted by molar-refractivity contribution is -0.00902. The van der Waals surface area contributed by atoms with Gasteiger partial charge in [-0.2, -0.15) is 5.26 Å². The first kappa shape index (κ1) is 14.0. The van der Waals surface area contributed by atoms with Crippen LogP contribution in [0, 0.1) is 11.3 Å². The molecule has 1 aromatic rings. The third-order valence-corrected chi connectivity index (χ3v) is 3.51. The van der Waals surface area contributed by atoms with E-state index < -0.39 is 0 Å². The Bertz CT molecular complexity index is 434. The molecule has 2 rings (SSSR count). The molecule has 4 nitrogen and oxygen atoms in total. The Morgan fingerprint density at radius 1 is 1.32 bits per heavy atom. The van der Waals surface area contributed by atoms with Gasteiger partial charge in [-0.1, -0.05) is 18.2 Å². The molecule has 0 amide bonds. The van der Waals surface area contributed by atoms with Crippen LogP contribution in [-0.4, -0.2) is 42.4 Å². The van der Waals surface area contributed by atoms with Gasteiger partial charge in [-0.3, -0.25) is 4.90 Å². The van der Waals surface area contributed by atoms with Crippen LogP contribution in [0.4, 0.5) is 0 Å². The van der Waals surface area contributed by atoms with Gasteiger partial charge in [0.05, 0.1) is 31.0 Å². The van der Waals surface area contributed by atoms with Gasteiger partial charge in [0, 0.05) is 19.6 Å². The van der Waals surface area contributed by atoms with Crippen LogP contribution in [0.1, 0.15) is 24.0 Å². The molecular formula is C15H20N2O2. The molecule has 0 spiro atoms. The Hall–Kier alpha value is -1.41. The summed E-state index contributed by atoms with van der Waals surface area (Å²) in [6, 6.07) is 10.0. The highest BCUT2D eigenvalue weighted by Gasteiger charge is 2.20. The van der Waals surface area contributed by atoms with Crippen molar-refractivity contribution in [3.05, 3.63) is 35.4 Å². The highest BCUT2D eigenvalue weighted by molar-refractivity contribution is 5.37. The summed E-state index contributed by atoms with van der Waals surface area (Å²) in [5.74, 6) is 0. The average molecular weight is 260 g/mol. The Labute approximate surface area is 114 Å². The van der Waals surface area contributed by atoms with E-state index in [1.807, 2.05) is 24.3 Å². The largest absolute Gasteiger partial charge is 0.394 e. The first-order valence-electron chi connectivity index (χ1n) is 6.76. The van der Waals surface area contributed by atoms with Gasteiger partial charge in [-0.25, -0.2) is 0 Å². The molecule has 0 unspecified atom stereocenters. The van der Waals surface area contributed by atoms with Gasteiger partial charge in [-0.15, -0.1) is 0 Å². The number of ether oxygens (including phenoxy) is 1. The molecule has 1 saturated heterocycles. The van der Waals surface area contributed by atoms with Crippen LogP contribution in [-0.2, 0) is 11.3 Å². The number of benzene rings is 1. The van der Waals surface area contributed by atoms with Crippen molar-refractivity contribution in [2.75, 3.05) is 26.3 Å². The van der Waals surface area contributed by atoms with E-state index in [9.17, 15) is 0 Å². The van der Waals surface area contributed by atoms with E-state index in [-0.39, 0.29) is 12.7 Å². The number of hydrogen-bond donors (Lipinski definition) is 1. The monoisotopic (exact) mass is 260 g/mol. The number of rotatable bonds is 5. The van der Waals surface area contributed by atoms with Crippen molar-refractivity contribution in [1.82, 2.24) is 4.90 Å². The van der Waals surface area contributed by atoms with Gasteiger partial charge in [0.2, 0.25) is 0 Å². The maximum Gasteiger partial charge on any atom is 0.0995 e. The summed E-state index contributed by atoms with van der Waals surface area (Å²) in [5, 5.41) is 17.8. The lowest BCUT2D eigenvalue weighted by atomic mass is 10.0. The Kier molecular flexibility index (Phi) is 5.34. The molecule has 19 heavy (non-hydrogen) atoms. The SMILES string of the molecule is N#Cc1ccccc1CN1CCC(OCCO)CC1. The molecule has 1 aliphatic rings. The minimum absolute atomic E-state index is 0.0930. The van der Waals surface area contributed by atoms with E-state index in [4.69, 9.17) is 15.1 Å². The number of nitrogens with zero attached hydrogens (tertiary/aromatic N) is 2. The van der Waals surface area contributed by atoms with Crippen molar-refractivity contribution in [2.24, 2.45) is 0 Å². The fourth-order valence-corrected chi connectivity index (χ4v) is 2.46. The molecule has 0 radical (unpaired) electrons. The fraction of sp³-hybridized carbons (Fsp3) is 0.533. The van der Waals surface area contributed by atoms with Gasteiger partial charge < -0.3 is 9.84 Å². The summed E-state index contributed by atoms with van der Waals surface area (Å²) >= 11 is 0. The molecule has 4 heteroatoms. The number of likely N-dealkylation sites (tertiary alicyclic amines) is 1. The molecule has 0 bridgehead atoms. The zero-order valence-corrected chi connectivity index (χ0v) is 11.1. The van der Waals surface area contributed by atoms with Crippen molar-refractivity contribution in [1.29, 1.82) is 5.26 Å². The van der Waals surface area contributed by atoms with Crippen LogP contribution >= 0.6 is 0 Å². The number of nitriles is 1. The molecule has 0 aliphatic carbocycles. The number of piperidine rings is 1. The predicted octanol–water partition coefficient (Wildman–Crippen LogP) is 1.53. The molecule has 1 fully saturated rings. The predicted molar refractivity (Wildman–Crippen MR) is 72.5 cm³/mol. The topological polar surface area (TPSA) is 56.5 Å². The van der Waals surface area contributed by atoms with Gasteiger partial charge in [0.1, 0.15) is 0 Å². The smallest absolute Gasteiger partial charge is 0.0995 e. The quantitative estimate of drug-likeness (QED) is 0.872. The minimum Gasteiger partial charge on any atom is -0.394 e. The number of aliphatic hydroxyl groups is 1. The van der Waals surface area contributed by atoms with Crippen molar-refractivity contribution in [3.8, 4) is 6.07 Å². The van der Waals surface area contributed by atoms with Crippen LogP contribution in [0.3, 0.4) is 0 Å². The van der Waals surface area contributed by atoms with E-state index in [2.05, 4.69) is 11.0 Å². The van der Waals surface area contributed by atoms with Crippen molar-refractivity contribution in [3.63, 3.8) is 0 Å². The molecule has 1 aromatic carbocycles. The zero-order chi connectivity index (χ0) is 13.5. The summed E-state index contributed by atoms with van der Waals surface area (Å²) in [5.41, 5.74) is 1.86. The molecule has 0 atom stereocenters. The third kappa shape index (κ3) is 4.03. The second kappa shape index (κ2) is 7.25. The van der Waals surface area contributed by atoms with Gasteiger partial charge in [0.25, 0.3) is 0 Å². The molecule has 1 N–H and O–H groups in total. The van der Waals surface area contributed by atoms with E-state index in [1.54, 1.807) is 0 Å². The van der Waals surface area contributed by atoms with E-state index in [1.165, 1.54) is 0 Å². The van der Waals surface area contributed by atoms with Crippen molar-refractivity contribution in [2.45, 2.75) is 25.5 Å². The summed E-state index contributed by atoms with van der Waals surface area (Å²) in [7, 11) is 0. The normalized spacial score (nSPS) is 17.3. The van der Waals surface area contributed by atoms with Gasteiger partial charge in [-0.05, 0) is 24.5 Å². The molecule has 0 aromatic heterocycles. The zero-order valence-electron chi connectivity index (χ0n) is 11.1. The van der Waals surface area contributed by atoms with E-state index in [0.29, 0.717) is 6.61 Å². The first-order valence-corrected chi connectivity index (χ1v) is 6.76. The van der Waals surface area contributed by atoms with Gasteiger partial charge in [0.15, 0.2) is 0 Å². The summed E-state index contributed by atoms with van der Waals surface area (Å²) < 4.78 is 5.55. The van der Waals surface area contributed by atoms with Crippen LogP contribution < -0.4 is 0 Å². The second-order valence-corrected chi connectivity index (χ2v) is 4.84. The average Bonchev–Trinajstić information content (AvgIpc) is 2.47. The first-order chi connectivity index (χ1) is 9.33. The van der Waals surface area contributed by atoms with Crippen molar-refractivity contribution >= 4 is 0 Å². The highest BCUT2D eigenvalue weighted by Crippen LogP contribution is 2.17. The maximum absolute atomic E-state index is 9.07. The Morgan fingerprint density at radius 3 is 2.74 bits per heavy atom. The lowest BCUT2D eigenvalue weighted by Gasteiger charge is -2.31. The number of hydrogen-bond acceptors (Lipinski definition) is 4. The lowest BCUT2D eigenvalue weighted by Crippen LogP contribution is -2.37. The summed E-state index contributed by atoms with van der Waals surface area (Å²) in [4.78, 5) is 2.36. The number of aliphatic hydroxyl groups excluding tert-OH is 1. The standard InChI is InChI=1S/C15H20N2O2/c16-11-13-3-1-2-4-14(13)12-17-7-5-15(6-8-17)19-10-9-18/h1-4,15,18H,5-10,12H2.